The van der Waals surface area contributed by atoms with Gasteiger partial charge in [0.15, 0.2) is 18.5 Å². The highest BCUT2D eigenvalue weighted by Crippen LogP contribution is 2.31. The molecule has 1 saturated heterocycles. The molecule has 23 heavy (non-hydrogen) atoms. The molecule has 2 atom stereocenters. The molecule has 1 aromatic rings. The van der Waals surface area contributed by atoms with Gasteiger partial charge in [0.05, 0.1) is 16.8 Å². The van der Waals surface area contributed by atoms with Gasteiger partial charge in [-0.05, 0) is 19.8 Å². The largest absolute Gasteiger partial charge is 0.351 e. The minimum Gasteiger partial charge on any atom is -0.351 e. The summed E-state index contributed by atoms with van der Waals surface area (Å²) in [5.74, 6) is 1.09. The SMILES string of the molecule is CCCCSc1nnc(SC(C)C(=O)NC2CCS(=O)(=O)C2)s1. The average Bonchev–Trinajstić information content (AvgIpc) is 3.05. The molecule has 1 aromatic heterocycles. The number of sulfone groups is 1. The van der Waals surface area contributed by atoms with Crippen LogP contribution in [0.4, 0.5) is 0 Å². The summed E-state index contributed by atoms with van der Waals surface area (Å²) in [5.41, 5.74) is 0. The van der Waals surface area contributed by atoms with Crippen LogP contribution in [-0.4, -0.2) is 53.1 Å². The molecule has 0 saturated carbocycles. The van der Waals surface area contributed by atoms with Gasteiger partial charge in [0.1, 0.15) is 0 Å². The first-order valence-electron chi connectivity index (χ1n) is 7.53. The molecule has 0 aromatic carbocycles. The standard InChI is InChI=1S/C13H21N3O3S4/c1-3-4-6-20-12-15-16-13(22-12)21-9(2)11(17)14-10-5-7-23(18,19)8-10/h9-10H,3-8H2,1-2H3,(H,14,17). The van der Waals surface area contributed by atoms with E-state index in [2.05, 4.69) is 22.4 Å². The Balaban J connectivity index is 1.79. The smallest absolute Gasteiger partial charge is 0.233 e. The van der Waals surface area contributed by atoms with Crippen LogP contribution in [0.3, 0.4) is 0 Å². The Morgan fingerprint density at radius 1 is 1.43 bits per heavy atom. The van der Waals surface area contributed by atoms with Crippen molar-refractivity contribution in [1.29, 1.82) is 0 Å². The number of carbonyl (C=O) groups is 1. The number of aromatic nitrogens is 2. The van der Waals surface area contributed by atoms with Crippen molar-refractivity contribution in [3.8, 4) is 0 Å². The van der Waals surface area contributed by atoms with Crippen LogP contribution in [0.25, 0.3) is 0 Å². The van der Waals surface area contributed by atoms with E-state index in [1.54, 1.807) is 18.7 Å². The Morgan fingerprint density at radius 3 is 2.83 bits per heavy atom. The van der Waals surface area contributed by atoms with Crippen LogP contribution in [0, 0.1) is 0 Å². The van der Waals surface area contributed by atoms with Crippen molar-refractivity contribution in [2.24, 2.45) is 0 Å². The topological polar surface area (TPSA) is 89.0 Å². The van der Waals surface area contributed by atoms with Crippen LogP contribution in [0.2, 0.25) is 0 Å². The highest BCUT2D eigenvalue weighted by atomic mass is 32.2. The molecule has 2 heterocycles. The summed E-state index contributed by atoms with van der Waals surface area (Å²) in [6.07, 6.45) is 2.81. The lowest BCUT2D eigenvalue weighted by atomic mass is 10.2. The average molecular weight is 396 g/mol. The molecule has 1 aliphatic rings. The molecule has 1 amide bonds. The van der Waals surface area contributed by atoms with Gasteiger partial charge < -0.3 is 5.32 Å². The monoisotopic (exact) mass is 395 g/mol. The molecule has 2 rings (SSSR count). The minimum atomic E-state index is -2.98. The van der Waals surface area contributed by atoms with Crippen LogP contribution in [0.1, 0.15) is 33.1 Å². The maximum absolute atomic E-state index is 12.2. The third-order valence-corrected chi connectivity index (χ3v) is 8.43. The van der Waals surface area contributed by atoms with Crippen molar-refractivity contribution in [2.75, 3.05) is 17.3 Å². The molecule has 130 valence electrons. The summed E-state index contributed by atoms with van der Waals surface area (Å²) < 4.78 is 24.5. The Morgan fingerprint density at radius 2 is 2.17 bits per heavy atom. The Kier molecular flexibility index (Phi) is 7.18. The number of thioether (sulfide) groups is 2. The second kappa shape index (κ2) is 8.68. The zero-order valence-corrected chi connectivity index (χ0v) is 16.4. The molecule has 6 nitrogen and oxygen atoms in total. The number of hydrogen-bond acceptors (Lipinski definition) is 8. The zero-order chi connectivity index (χ0) is 16.9. The third kappa shape index (κ3) is 6.24. The van der Waals surface area contributed by atoms with E-state index in [-0.39, 0.29) is 28.7 Å². The van der Waals surface area contributed by atoms with E-state index in [1.165, 1.54) is 23.1 Å². The van der Waals surface area contributed by atoms with Gasteiger partial charge >= 0.3 is 0 Å². The van der Waals surface area contributed by atoms with Crippen molar-refractivity contribution >= 4 is 50.6 Å². The minimum absolute atomic E-state index is 0.0488. The Labute approximate surface area is 149 Å². The van der Waals surface area contributed by atoms with Crippen molar-refractivity contribution < 1.29 is 13.2 Å². The molecule has 0 radical (unpaired) electrons. The Hall–Kier alpha value is -0.320. The summed E-state index contributed by atoms with van der Waals surface area (Å²) in [7, 11) is -2.98. The fourth-order valence-corrected chi connectivity index (χ4v) is 7.04. The van der Waals surface area contributed by atoms with E-state index in [4.69, 9.17) is 0 Å². The zero-order valence-electron chi connectivity index (χ0n) is 13.1. The molecule has 0 aliphatic carbocycles. The van der Waals surface area contributed by atoms with Crippen LogP contribution in [0.15, 0.2) is 8.68 Å². The number of amides is 1. The molecule has 1 aliphatic heterocycles. The fourth-order valence-electron chi connectivity index (χ4n) is 2.04. The van der Waals surface area contributed by atoms with E-state index in [0.717, 1.165) is 27.3 Å². The number of carbonyl (C=O) groups excluding carboxylic acids is 1. The van der Waals surface area contributed by atoms with Gasteiger partial charge in [-0.2, -0.15) is 0 Å². The summed E-state index contributed by atoms with van der Waals surface area (Å²) in [5, 5.41) is 10.7. The van der Waals surface area contributed by atoms with Crippen LogP contribution < -0.4 is 5.32 Å². The second-order valence-electron chi connectivity index (χ2n) is 5.40. The molecule has 0 spiro atoms. The maximum atomic E-state index is 12.2. The van der Waals surface area contributed by atoms with Crippen molar-refractivity contribution in [3.05, 3.63) is 0 Å². The summed E-state index contributed by atoms with van der Waals surface area (Å²) in [6.45, 7) is 3.95. The van der Waals surface area contributed by atoms with Crippen LogP contribution in [0.5, 0.6) is 0 Å². The molecule has 2 unspecified atom stereocenters. The first-order chi connectivity index (χ1) is 10.9. The number of nitrogens with one attached hydrogen (secondary N) is 1. The number of rotatable bonds is 8. The van der Waals surface area contributed by atoms with Crippen molar-refractivity contribution in [1.82, 2.24) is 15.5 Å². The van der Waals surface area contributed by atoms with Crippen molar-refractivity contribution in [3.63, 3.8) is 0 Å². The predicted octanol–water partition coefficient (Wildman–Crippen LogP) is 2.21. The second-order valence-corrected chi connectivity index (χ2v) is 11.5. The molecular weight excluding hydrogens is 374 g/mol. The first kappa shape index (κ1) is 19.0. The van der Waals surface area contributed by atoms with E-state index in [1.807, 2.05) is 0 Å². The lowest BCUT2D eigenvalue weighted by molar-refractivity contribution is -0.120. The van der Waals surface area contributed by atoms with Gasteiger partial charge in [0.25, 0.3) is 0 Å². The molecule has 1 N–H and O–H groups in total. The van der Waals surface area contributed by atoms with Gasteiger partial charge in [-0.1, -0.05) is 48.2 Å². The van der Waals surface area contributed by atoms with Gasteiger partial charge in [-0.15, -0.1) is 10.2 Å². The fraction of sp³-hybridized carbons (Fsp3) is 0.769. The number of hydrogen-bond donors (Lipinski definition) is 1. The first-order valence-corrected chi connectivity index (χ1v) is 12.0. The number of unbranched alkanes of at least 4 members (excludes halogenated alkanes) is 1. The van der Waals surface area contributed by atoms with E-state index in [9.17, 15) is 13.2 Å². The van der Waals surface area contributed by atoms with Crippen molar-refractivity contribution in [2.45, 2.75) is 53.1 Å². The molecule has 0 bridgehead atoms. The summed E-state index contributed by atoms with van der Waals surface area (Å²) >= 11 is 4.56. The van der Waals surface area contributed by atoms with E-state index >= 15 is 0 Å². The van der Waals surface area contributed by atoms with E-state index < -0.39 is 9.84 Å². The Bertz CT molecular complexity index is 632. The molecular formula is C13H21N3O3S4. The predicted molar refractivity (Wildman–Crippen MR) is 96.1 cm³/mol. The lowest BCUT2D eigenvalue weighted by Crippen LogP contribution is -2.39. The van der Waals surface area contributed by atoms with E-state index in [0.29, 0.717) is 6.42 Å². The molecule has 10 heteroatoms. The summed E-state index contributed by atoms with van der Waals surface area (Å²) in [6, 6.07) is -0.259. The van der Waals surface area contributed by atoms with Gasteiger partial charge in [-0.25, -0.2) is 8.42 Å². The van der Waals surface area contributed by atoms with Gasteiger partial charge in [0.2, 0.25) is 5.91 Å². The quantitative estimate of drug-likeness (QED) is 0.533. The lowest BCUT2D eigenvalue weighted by Gasteiger charge is -2.14. The molecule has 1 fully saturated rings. The normalized spacial score (nSPS) is 21.2. The van der Waals surface area contributed by atoms with Gasteiger partial charge in [0, 0.05) is 11.8 Å². The highest BCUT2D eigenvalue weighted by Gasteiger charge is 2.30. The third-order valence-electron chi connectivity index (χ3n) is 3.34. The van der Waals surface area contributed by atoms with Crippen LogP contribution in [-0.2, 0) is 14.6 Å². The van der Waals surface area contributed by atoms with Gasteiger partial charge in [-0.3, -0.25) is 4.79 Å². The maximum Gasteiger partial charge on any atom is 0.233 e. The summed E-state index contributed by atoms with van der Waals surface area (Å²) in [4.78, 5) is 12.2. The highest BCUT2D eigenvalue weighted by molar-refractivity contribution is 8.03. The van der Waals surface area contributed by atoms with Crippen LogP contribution >= 0.6 is 34.9 Å². The number of nitrogens with zero attached hydrogens (tertiary/aromatic N) is 2.